The first-order valence-corrected chi connectivity index (χ1v) is 19.2. The summed E-state index contributed by atoms with van der Waals surface area (Å²) in [6.07, 6.45) is 18.6. The molecule has 0 saturated carbocycles. The van der Waals surface area contributed by atoms with E-state index in [1.54, 1.807) is 0 Å². The van der Waals surface area contributed by atoms with E-state index in [0.717, 1.165) is 30.4 Å². The van der Waals surface area contributed by atoms with Gasteiger partial charge in [0.25, 0.3) is 0 Å². The maximum Gasteiger partial charge on any atom is 0.0646 e. The van der Waals surface area contributed by atoms with Crippen LogP contribution in [0.4, 0.5) is 11.4 Å². The molecule has 0 fully saturated rings. The number of fused-ring (bicyclic) bond motifs is 6. The lowest BCUT2D eigenvalue weighted by molar-refractivity contribution is 0.550. The van der Waals surface area contributed by atoms with Gasteiger partial charge in [0, 0.05) is 45.7 Å². The van der Waals surface area contributed by atoms with E-state index < -0.39 is 0 Å². The largest absolute Gasteiger partial charge is 0.332 e. The second-order valence-corrected chi connectivity index (χ2v) is 15.8. The van der Waals surface area contributed by atoms with E-state index in [1.165, 1.54) is 72.3 Å². The lowest BCUT2D eigenvalue weighted by Crippen LogP contribution is -2.43. The van der Waals surface area contributed by atoms with E-state index >= 15 is 0 Å². The summed E-state index contributed by atoms with van der Waals surface area (Å²) in [6.45, 7) is 7.16. The first-order chi connectivity index (χ1) is 26.4. The predicted molar refractivity (Wildman–Crippen MR) is 228 cm³/mol. The summed E-state index contributed by atoms with van der Waals surface area (Å²) in [6, 6.07) is 47.1. The van der Waals surface area contributed by atoms with Crippen molar-refractivity contribution in [2.45, 2.75) is 51.0 Å². The number of benzene rings is 5. The van der Waals surface area contributed by atoms with Crippen LogP contribution in [0.25, 0.3) is 55.3 Å². The lowest BCUT2D eigenvalue weighted by Gasteiger charge is -2.44. The normalized spacial score (nSPS) is 18.5. The van der Waals surface area contributed by atoms with Gasteiger partial charge in [0.1, 0.15) is 0 Å². The number of nitrogens with zero attached hydrogens (tertiary/aromatic N) is 3. The van der Waals surface area contributed by atoms with Crippen LogP contribution in [0, 0.1) is 0 Å². The number of hydrogen-bond donors (Lipinski definition) is 0. The Morgan fingerprint density at radius 2 is 1.37 bits per heavy atom. The Bertz CT molecular complexity index is 2700. The number of anilines is 2. The van der Waals surface area contributed by atoms with Crippen LogP contribution in [-0.4, -0.2) is 15.1 Å². The third-order valence-corrected chi connectivity index (χ3v) is 12.1. The zero-order valence-electron chi connectivity index (χ0n) is 31.1. The molecule has 0 bridgehead atoms. The predicted octanol–water partition coefficient (Wildman–Crippen LogP) is 13.3. The third-order valence-electron chi connectivity index (χ3n) is 12.1. The van der Waals surface area contributed by atoms with E-state index in [4.69, 9.17) is 0 Å². The lowest BCUT2D eigenvalue weighted by atomic mass is 9.76. The molecular weight excluding hydrogens is 655 g/mol. The van der Waals surface area contributed by atoms with E-state index in [9.17, 15) is 0 Å². The summed E-state index contributed by atoms with van der Waals surface area (Å²) in [5.41, 5.74) is 16.2. The number of allylic oxidation sites excluding steroid dienone is 6. The van der Waals surface area contributed by atoms with Gasteiger partial charge in [0.2, 0.25) is 0 Å². The molecule has 3 heteroatoms. The van der Waals surface area contributed by atoms with E-state index in [0.29, 0.717) is 0 Å². The van der Waals surface area contributed by atoms with Gasteiger partial charge in [-0.15, -0.1) is 0 Å². The molecule has 3 aliphatic carbocycles. The minimum absolute atomic E-state index is 0.0736. The second-order valence-electron chi connectivity index (χ2n) is 15.8. The highest BCUT2D eigenvalue weighted by Gasteiger charge is 2.43. The Morgan fingerprint density at radius 3 is 2.11 bits per heavy atom. The fourth-order valence-corrected chi connectivity index (χ4v) is 9.32. The summed E-state index contributed by atoms with van der Waals surface area (Å²) in [5.74, 6) is 0. The average Bonchev–Trinajstić information content (AvgIpc) is 3.66. The SMILES string of the molecule is CC1(C)C2=CC(C)(N(c3ccc(-c4cccnc4)cc3)c3ccc(-c4ccc5c(c4)c4ccccc4n5C4=CC=CCC4)cc3)CC=C2c2ccccc21. The van der Waals surface area contributed by atoms with Gasteiger partial charge in [-0.1, -0.05) is 117 Å². The summed E-state index contributed by atoms with van der Waals surface area (Å²) in [5, 5.41) is 2.59. The highest BCUT2D eigenvalue weighted by atomic mass is 15.2. The van der Waals surface area contributed by atoms with Crippen LogP contribution in [0.3, 0.4) is 0 Å². The number of pyridine rings is 1. The Labute approximate surface area is 317 Å². The van der Waals surface area contributed by atoms with Gasteiger partial charge >= 0.3 is 0 Å². The van der Waals surface area contributed by atoms with Crippen molar-refractivity contribution in [1.29, 1.82) is 0 Å². The molecule has 2 heterocycles. The molecule has 2 aromatic heterocycles. The fraction of sp³-hybridized carbons (Fsp3) is 0.157. The second kappa shape index (κ2) is 12.5. The standard InChI is InChI=1S/C51H43N3/c1-50(2)46-17-9-7-15-42(46)43-29-30-51(3,33-47(43)50)54(41-26-21-36(22-27-41)38-12-11-31-52-34-38)40-24-19-35(20-25-40)37-23-28-49-45(32-37)44-16-8-10-18-48(44)53(49)39-13-5-4-6-14-39/h4-5,7-13,15-29,31-34H,6,14,30H2,1-3H3. The van der Waals surface area contributed by atoms with E-state index in [1.807, 2.05) is 18.5 Å². The molecular formula is C51H43N3. The number of hydrogen-bond acceptors (Lipinski definition) is 2. The van der Waals surface area contributed by atoms with Gasteiger partial charge in [0.05, 0.1) is 16.6 Å². The summed E-state index contributed by atoms with van der Waals surface area (Å²) in [4.78, 5) is 6.92. The molecule has 3 nitrogen and oxygen atoms in total. The van der Waals surface area contributed by atoms with Crippen LogP contribution >= 0.6 is 0 Å². The minimum atomic E-state index is -0.292. The first-order valence-electron chi connectivity index (χ1n) is 19.2. The van der Waals surface area contributed by atoms with Crippen molar-refractivity contribution in [3.8, 4) is 22.3 Å². The van der Waals surface area contributed by atoms with Crippen molar-refractivity contribution in [3.63, 3.8) is 0 Å². The smallest absolute Gasteiger partial charge is 0.0646 e. The molecule has 0 aliphatic heterocycles. The zero-order valence-corrected chi connectivity index (χ0v) is 31.1. The van der Waals surface area contributed by atoms with E-state index in [2.05, 4.69) is 187 Å². The monoisotopic (exact) mass is 697 g/mol. The summed E-state index contributed by atoms with van der Waals surface area (Å²) in [7, 11) is 0. The molecule has 1 unspecified atom stereocenters. The van der Waals surface area contributed by atoms with Crippen molar-refractivity contribution in [3.05, 3.63) is 187 Å². The molecule has 3 aliphatic rings. The van der Waals surface area contributed by atoms with Crippen LogP contribution in [0.15, 0.2) is 176 Å². The third kappa shape index (κ3) is 5.14. The highest BCUT2D eigenvalue weighted by molar-refractivity contribution is 6.11. The number of rotatable bonds is 6. The molecule has 1 atom stereocenters. The van der Waals surface area contributed by atoms with Crippen molar-refractivity contribution >= 4 is 44.5 Å². The van der Waals surface area contributed by atoms with Crippen LogP contribution in [0.5, 0.6) is 0 Å². The summed E-state index contributed by atoms with van der Waals surface area (Å²) < 4.78 is 2.46. The van der Waals surface area contributed by atoms with Crippen LogP contribution in [0.2, 0.25) is 0 Å². The van der Waals surface area contributed by atoms with E-state index in [-0.39, 0.29) is 11.0 Å². The number of aromatic nitrogens is 2. The highest BCUT2D eigenvalue weighted by Crippen LogP contribution is 2.54. The van der Waals surface area contributed by atoms with Gasteiger partial charge in [-0.3, -0.25) is 4.98 Å². The molecule has 0 amide bonds. The van der Waals surface area contributed by atoms with Gasteiger partial charge in [0.15, 0.2) is 0 Å². The van der Waals surface area contributed by atoms with Crippen molar-refractivity contribution in [2.75, 3.05) is 4.90 Å². The molecule has 0 N–H and O–H groups in total. The molecule has 0 radical (unpaired) electrons. The minimum Gasteiger partial charge on any atom is -0.332 e. The van der Waals surface area contributed by atoms with Gasteiger partial charge in [-0.2, -0.15) is 0 Å². The van der Waals surface area contributed by atoms with Gasteiger partial charge in [-0.25, -0.2) is 0 Å². The molecule has 0 spiro atoms. The Morgan fingerprint density at radius 1 is 0.667 bits per heavy atom. The van der Waals surface area contributed by atoms with Gasteiger partial charge in [-0.05, 0) is 125 Å². The zero-order chi connectivity index (χ0) is 36.4. The van der Waals surface area contributed by atoms with Gasteiger partial charge < -0.3 is 9.47 Å². The van der Waals surface area contributed by atoms with Crippen LogP contribution in [-0.2, 0) is 5.41 Å². The molecule has 54 heavy (non-hydrogen) atoms. The maximum atomic E-state index is 4.37. The van der Waals surface area contributed by atoms with Crippen molar-refractivity contribution in [2.24, 2.45) is 0 Å². The molecule has 5 aromatic carbocycles. The topological polar surface area (TPSA) is 21.1 Å². The maximum absolute atomic E-state index is 4.37. The Hall–Kier alpha value is -6.19. The Kier molecular flexibility index (Phi) is 7.49. The summed E-state index contributed by atoms with van der Waals surface area (Å²) >= 11 is 0. The molecule has 7 aromatic rings. The molecule has 262 valence electrons. The molecule has 10 rings (SSSR count). The van der Waals surface area contributed by atoms with Crippen molar-refractivity contribution in [1.82, 2.24) is 9.55 Å². The average molecular weight is 698 g/mol. The quantitative estimate of drug-likeness (QED) is 0.172. The van der Waals surface area contributed by atoms with Crippen LogP contribution < -0.4 is 4.90 Å². The molecule has 0 saturated heterocycles. The van der Waals surface area contributed by atoms with Crippen LogP contribution in [0.1, 0.15) is 51.2 Å². The Balaban J connectivity index is 1.06. The first kappa shape index (κ1) is 32.5. The van der Waals surface area contributed by atoms with Crippen molar-refractivity contribution < 1.29 is 0 Å². The fourth-order valence-electron chi connectivity index (χ4n) is 9.32. The number of para-hydroxylation sites is 1.